The Bertz CT molecular complexity index is 511. The highest BCUT2D eigenvalue weighted by atomic mass is 35.5. The number of piperidine rings is 1. The predicted octanol–water partition coefficient (Wildman–Crippen LogP) is 4.09. The van der Waals surface area contributed by atoms with E-state index in [4.69, 9.17) is 27.9 Å². The van der Waals surface area contributed by atoms with Gasteiger partial charge in [-0.15, -0.1) is 0 Å². The molecular formula is C16H22Cl2N2O2. The molecule has 0 spiro atoms. The number of benzene rings is 1. The van der Waals surface area contributed by atoms with Crippen LogP contribution in [0.2, 0.25) is 10.0 Å². The van der Waals surface area contributed by atoms with Crippen molar-refractivity contribution >= 4 is 29.2 Å². The monoisotopic (exact) mass is 344 g/mol. The first-order valence-electron chi connectivity index (χ1n) is 7.59. The van der Waals surface area contributed by atoms with Crippen LogP contribution in [0.25, 0.3) is 0 Å². The number of ether oxygens (including phenoxy) is 1. The summed E-state index contributed by atoms with van der Waals surface area (Å²) in [6.07, 6.45) is 4.13. The molecule has 1 atom stereocenters. The number of carbonyl (C=O) groups is 1. The van der Waals surface area contributed by atoms with Crippen molar-refractivity contribution in [1.29, 1.82) is 0 Å². The van der Waals surface area contributed by atoms with Gasteiger partial charge in [0, 0.05) is 32.8 Å². The minimum atomic E-state index is -0.0446. The van der Waals surface area contributed by atoms with E-state index in [0.717, 1.165) is 37.8 Å². The van der Waals surface area contributed by atoms with E-state index in [1.165, 1.54) is 0 Å². The zero-order valence-electron chi connectivity index (χ0n) is 12.8. The first kappa shape index (κ1) is 17.4. The average molecular weight is 345 g/mol. The number of rotatable bonds is 5. The second-order valence-corrected chi connectivity index (χ2v) is 6.28. The molecule has 0 bridgehead atoms. The first-order valence-corrected chi connectivity index (χ1v) is 8.35. The number of halogens is 2. The van der Waals surface area contributed by atoms with E-state index >= 15 is 0 Å². The van der Waals surface area contributed by atoms with Gasteiger partial charge in [-0.25, -0.2) is 4.79 Å². The molecular weight excluding hydrogens is 323 g/mol. The number of methoxy groups -OCH3 is 1. The van der Waals surface area contributed by atoms with Gasteiger partial charge in [0.05, 0.1) is 10.0 Å². The van der Waals surface area contributed by atoms with Crippen molar-refractivity contribution < 1.29 is 9.53 Å². The lowest BCUT2D eigenvalue weighted by molar-refractivity contribution is 0.116. The number of carbonyl (C=O) groups excluding carboxylic acids is 1. The van der Waals surface area contributed by atoms with E-state index in [2.05, 4.69) is 5.32 Å². The van der Waals surface area contributed by atoms with E-state index in [9.17, 15) is 4.79 Å². The summed E-state index contributed by atoms with van der Waals surface area (Å²) in [6.45, 7) is 1.85. The maximum atomic E-state index is 12.4. The summed E-state index contributed by atoms with van der Waals surface area (Å²) in [4.78, 5) is 14.4. The third-order valence-electron chi connectivity index (χ3n) is 4.00. The molecule has 122 valence electrons. The predicted molar refractivity (Wildman–Crippen MR) is 89.5 cm³/mol. The molecule has 4 nitrogen and oxygen atoms in total. The van der Waals surface area contributed by atoms with Gasteiger partial charge < -0.3 is 15.0 Å². The SMILES string of the molecule is COCC[C@@H]1CCCCN1C(=O)NCc1cccc(Cl)c1Cl. The van der Waals surface area contributed by atoms with Crippen LogP contribution in [-0.2, 0) is 11.3 Å². The van der Waals surface area contributed by atoms with Gasteiger partial charge in [-0.2, -0.15) is 0 Å². The lowest BCUT2D eigenvalue weighted by atomic mass is 10.00. The van der Waals surface area contributed by atoms with Crippen molar-refractivity contribution in [3.63, 3.8) is 0 Å². The Hall–Kier alpha value is -0.970. The van der Waals surface area contributed by atoms with E-state index < -0.39 is 0 Å². The molecule has 0 radical (unpaired) electrons. The molecule has 1 aromatic carbocycles. The van der Waals surface area contributed by atoms with Crippen LogP contribution in [0.3, 0.4) is 0 Å². The first-order chi connectivity index (χ1) is 10.6. The second-order valence-electron chi connectivity index (χ2n) is 5.50. The Balaban J connectivity index is 1.93. The van der Waals surface area contributed by atoms with Gasteiger partial charge in [0.2, 0.25) is 0 Å². The Morgan fingerprint density at radius 3 is 3.00 bits per heavy atom. The molecule has 2 amide bonds. The minimum Gasteiger partial charge on any atom is -0.385 e. The van der Waals surface area contributed by atoms with Gasteiger partial charge in [-0.1, -0.05) is 35.3 Å². The van der Waals surface area contributed by atoms with Gasteiger partial charge in [0.15, 0.2) is 0 Å². The molecule has 0 unspecified atom stereocenters. The van der Waals surface area contributed by atoms with E-state index in [1.54, 1.807) is 13.2 Å². The highest BCUT2D eigenvalue weighted by molar-refractivity contribution is 6.42. The number of hydrogen-bond acceptors (Lipinski definition) is 2. The van der Waals surface area contributed by atoms with Crippen molar-refractivity contribution in [2.45, 2.75) is 38.3 Å². The zero-order valence-corrected chi connectivity index (χ0v) is 14.3. The molecule has 2 rings (SSSR count). The summed E-state index contributed by atoms with van der Waals surface area (Å²) in [5.41, 5.74) is 0.827. The number of nitrogens with one attached hydrogen (secondary N) is 1. The second kappa shape index (κ2) is 8.61. The largest absolute Gasteiger partial charge is 0.385 e. The van der Waals surface area contributed by atoms with Crippen molar-refractivity contribution in [1.82, 2.24) is 10.2 Å². The van der Waals surface area contributed by atoms with Crippen molar-refractivity contribution in [2.24, 2.45) is 0 Å². The molecule has 0 saturated carbocycles. The molecule has 1 aromatic rings. The maximum absolute atomic E-state index is 12.4. The van der Waals surface area contributed by atoms with Crippen LogP contribution in [0.4, 0.5) is 4.79 Å². The highest BCUT2D eigenvalue weighted by Gasteiger charge is 2.26. The summed E-state index contributed by atoms with van der Waals surface area (Å²) in [5.74, 6) is 0. The minimum absolute atomic E-state index is 0.0446. The van der Waals surface area contributed by atoms with Gasteiger partial charge in [0.25, 0.3) is 0 Å². The molecule has 1 aliphatic rings. The van der Waals surface area contributed by atoms with E-state index in [-0.39, 0.29) is 12.1 Å². The molecule has 22 heavy (non-hydrogen) atoms. The number of amides is 2. The van der Waals surface area contributed by atoms with Gasteiger partial charge in [-0.05, 0) is 37.3 Å². The quantitative estimate of drug-likeness (QED) is 0.873. The van der Waals surface area contributed by atoms with E-state index in [0.29, 0.717) is 23.2 Å². The van der Waals surface area contributed by atoms with Crippen LogP contribution in [0.1, 0.15) is 31.2 Å². The lowest BCUT2D eigenvalue weighted by Gasteiger charge is -2.35. The zero-order chi connectivity index (χ0) is 15.9. The van der Waals surface area contributed by atoms with Gasteiger partial charge in [0.1, 0.15) is 0 Å². The average Bonchev–Trinajstić information content (AvgIpc) is 2.54. The summed E-state index contributed by atoms with van der Waals surface area (Å²) < 4.78 is 5.14. The third kappa shape index (κ3) is 4.51. The van der Waals surface area contributed by atoms with Gasteiger partial charge in [-0.3, -0.25) is 0 Å². The van der Waals surface area contributed by atoms with Crippen LogP contribution < -0.4 is 5.32 Å². The molecule has 1 N–H and O–H groups in total. The lowest BCUT2D eigenvalue weighted by Crippen LogP contribution is -2.48. The number of hydrogen-bond donors (Lipinski definition) is 1. The summed E-state index contributed by atoms with van der Waals surface area (Å²) in [5, 5.41) is 3.95. The summed E-state index contributed by atoms with van der Waals surface area (Å²) in [7, 11) is 1.69. The molecule has 1 saturated heterocycles. The molecule has 1 fully saturated rings. The van der Waals surface area contributed by atoms with Crippen LogP contribution in [0, 0.1) is 0 Å². The molecule has 6 heteroatoms. The standard InChI is InChI=1S/C16H22Cl2N2O2/c1-22-10-8-13-6-2-3-9-20(13)16(21)19-11-12-5-4-7-14(17)15(12)18/h4-5,7,13H,2-3,6,8-11H2,1H3,(H,19,21)/t13-/m0/s1. The van der Waals surface area contributed by atoms with Crippen molar-refractivity contribution in [3.8, 4) is 0 Å². The normalized spacial score (nSPS) is 18.3. The van der Waals surface area contributed by atoms with Crippen LogP contribution in [0.5, 0.6) is 0 Å². The fraction of sp³-hybridized carbons (Fsp3) is 0.562. The topological polar surface area (TPSA) is 41.6 Å². The molecule has 1 aliphatic heterocycles. The van der Waals surface area contributed by atoms with Crippen LogP contribution >= 0.6 is 23.2 Å². The Morgan fingerprint density at radius 1 is 1.41 bits per heavy atom. The molecule has 1 heterocycles. The van der Waals surface area contributed by atoms with Gasteiger partial charge >= 0.3 is 6.03 Å². The van der Waals surface area contributed by atoms with Crippen molar-refractivity contribution in [3.05, 3.63) is 33.8 Å². The van der Waals surface area contributed by atoms with Crippen molar-refractivity contribution in [2.75, 3.05) is 20.3 Å². The number of likely N-dealkylation sites (tertiary alicyclic amines) is 1. The summed E-state index contributed by atoms with van der Waals surface area (Å²) in [6, 6.07) is 5.64. The Morgan fingerprint density at radius 2 is 2.23 bits per heavy atom. The Kier molecular flexibility index (Phi) is 6.80. The molecule has 0 aliphatic carbocycles. The van der Waals surface area contributed by atoms with Crippen LogP contribution in [0.15, 0.2) is 18.2 Å². The Labute approximate surface area is 141 Å². The number of urea groups is 1. The fourth-order valence-electron chi connectivity index (χ4n) is 2.78. The maximum Gasteiger partial charge on any atom is 0.317 e. The fourth-order valence-corrected chi connectivity index (χ4v) is 3.17. The summed E-state index contributed by atoms with van der Waals surface area (Å²) >= 11 is 12.1. The number of nitrogens with zero attached hydrogens (tertiary/aromatic N) is 1. The highest BCUT2D eigenvalue weighted by Crippen LogP contribution is 2.25. The van der Waals surface area contributed by atoms with E-state index in [1.807, 2.05) is 17.0 Å². The van der Waals surface area contributed by atoms with Crippen LogP contribution in [-0.4, -0.2) is 37.2 Å². The smallest absolute Gasteiger partial charge is 0.317 e. The third-order valence-corrected chi connectivity index (χ3v) is 4.86. The molecule has 0 aromatic heterocycles.